The predicted molar refractivity (Wildman–Crippen MR) is 52.9 cm³/mol. The van der Waals surface area contributed by atoms with Crippen LogP contribution in [0.1, 0.15) is 0 Å². The van der Waals surface area contributed by atoms with Crippen molar-refractivity contribution in [3.63, 3.8) is 0 Å². The third kappa shape index (κ3) is 1.44. The Morgan fingerprint density at radius 2 is 2.09 bits per heavy atom. The summed E-state index contributed by atoms with van der Waals surface area (Å²) in [6.45, 7) is 0. The maximum absolute atomic E-state index is 3.39. The molecule has 1 aromatic carbocycles. The summed E-state index contributed by atoms with van der Waals surface area (Å²) in [6.07, 6.45) is 0. The maximum Gasteiger partial charge on any atom is 0.0891 e. The van der Waals surface area contributed by atoms with Crippen LogP contribution in [0.25, 0.3) is 0 Å². The van der Waals surface area contributed by atoms with Crippen LogP contribution in [0.2, 0.25) is 0 Å². The normalized spacial score (nSPS) is 14.8. The number of para-hydroxylation sites is 1. The van der Waals surface area contributed by atoms with E-state index in [0.29, 0.717) is 0 Å². The molecule has 0 radical (unpaired) electrons. The molecule has 0 fully saturated rings. The molecule has 1 N–H and O–H groups in total. The fourth-order valence-electron chi connectivity index (χ4n) is 0.946. The van der Waals surface area contributed by atoms with Crippen molar-refractivity contribution in [1.29, 1.82) is 0 Å². The largest absolute Gasteiger partial charge is 0.348 e. The number of hydrogen-bond donors (Lipinski definition) is 1. The van der Waals surface area contributed by atoms with Crippen molar-refractivity contribution in [2.24, 2.45) is 0 Å². The second-order valence-electron chi connectivity index (χ2n) is 2.20. The van der Waals surface area contributed by atoms with Gasteiger partial charge in [0.25, 0.3) is 0 Å². The van der Waals surface area contributed by atoms with Crippen molar-refractivity contribution in [2.75, 3.05) is 5.32 Å². The van der Waals surface area contributed by atoms with Gasteiger partial charge in [-0.05, 0) is 28.1 Å². The van der Waals surface area contributed by atoms with Gasteiger partial charge in [-0.2, -0.15) is 0 Å². The zero-order valence-corrected chi connectivity index (χ0v) is 8.08. The van der Waals surface area contributed by atoms with E-state index in [2.05, 4.69) is 33.4 Å². The molecule has 0 atom stereocenters. The molecule has 1 heterocycles. The van der Waals surface area contributed by atoms with Gasteiger partial charge in [0.1, 0.15) is 0 Å². The third-order valence-electron chi connectivity index (χ3n) is 1.43. The topological polar surface area (TPSA) is 12.0 Å². The molecule has 0 aromatic heterocycles. The number of anilines is 1. The summed E-state index contributed by atoms with van der Waals surface area (Å²) < 4.78 is 1.03. The van der Waals surface area contributed by atoms with E-state index in [0.717, 1.165) is 4.61 Å². The number of hydrogen-bond acceptors (Lipinski definition) is 2. The Bertz CT molecular complexity index is 309. The molecule has 0 unspecified atom stereocenters. The second-order valence-corrected chi connectivity index (χ2v) is 3.97. The lowest BCUT2D eigenvalue weighted by atomic mass is 10.3. The molecule has 0 spiro atoms. The quantitative estimate of drug-likeness (QED) is 0.683. The van der Waals surface area contributed by atoms with E-state index >= 15 is 0 Å². The predicted octanol–water partition coefficient (Wildman–Crippen LogP) is 3.40. The highest BCUT2D eigenvalue weighted by Gasteiger charge is 2.06. The van der Waals surface area contributed by atoms with Crippen molar-refractivity contribution >= 4 is 33.4 Å². The van der Waals surface area contributed by atoms with Crippen molar-refractivity contribution in [1.82, 2.24) is 0 Å². The van der Waals surface area contributed by atoms with Crippen molar-refractivity contribution in [3.8, 4) is 0 Å². The van der Waals surface area contributed by atoms with Crippen molar-refractivity contribution in [3.05, 3.63) is 34.3 Å². The first-order valence-electron chi connectivity index (χ1n) is 3.24. The number of fused-ring (bicyclic) bond motifs is 1. The van der Waals surface area contributed by atoms with Crippen LogP contribution < -0.4 is 5.32 Å². The summed E-state index contributed by atoms with van der Waals surface area (Å²) >= 11 is 5.11. The summed E-state index contributed by atoms with van der Waals surface area (Å²) in [5.41, 5.74) is 1.17. The zero-order valence-electron chi connectivity index (χ0n) is 5.67. The Labute approximate surface area is 78.0 Å². The molecule has 0 saturated carbocycles. The Morgan fingerprint density at radius 3 is 3.00 bits per heavy atom. The molecule has 0 aliphatic carbocycles. The lowest BCUT2D eigenvalue weighted by Crippen LogP contribution is -1.97. The minimum Gasteiger partial charge on any atom is -0.348 e. The van der Waals surface area contributed by atoms with Crippen LogP contribution in [-0.4, -0.2) is 0 Å². The summed E-state index contributed by atoms with van der Waals surface area (Å²) in [6, 6.07) is 8.23. The average molecular weight is 228 g/mol. The number of halogens is 1. The lowest BCUT2D eigenvalue weighted by molar-refractivity contribution is 1.40. The van der Waals surface area contributed by atoms with E-state index in [1.807, 2.05) is 17.5 Å². The Hall–Kier alpha value is -0.410. The van der Waals surface area contributed by atoms with Crippen LogP contribution in [0, 0.1) is 0 Å². The number of nitrogens with one attached hydrogen (secondary N) is 1. The second kappa shape index (κ2) is 2.91. The minimum atomic E-state index is 1.03. The van der Waals surface area contributed by atoms with Crippen molar-refractivity contribution < 1.29 is 0 Å². The number of thioether (sulfide) groups is 1. The third-order valence-corrected chi connectivity index (χ3v) is 3.12. The SMILES string of the molecule is BrC1=CSc2ccccc2N1. The fraction of sp³-hybridized carbons (Fsp3) is 0. The summed E-state index contributed by atoms with van der Waals surface area (Å²) in [4.78, 5) is 1.27. The molecular weight excluding hydrogens is 222 g/mol. The highest BCUT2D eigenvalue weighted by Crippen LogP contribution is 2.35. The molecule has 0 amide bonds. The van der Waals surface area contributed by atoms with Gasteiger partial charge < -0.3 is 5.32 Å². The van der Waals surface area contributed by atoms with E-state index in [4.69, 9.17) is 0 Å². The van der Waals surface area contributed by atoms with E-state index in [1.165, 1.54) is 10.6 Å². The van der Waals surface area contributed by atoms with E-state index in [1.54, 1.807) is 11.8 Å². The van der Waals surface area contributed by atoms with Gasteiger partial charge in [0.05, 0.1) is 10.3 Å². The first-order valence-corrected chi connectivity index (χ1v) is 4.92. The highest BCUT2D eigenvalue weighted by atomic mass is 79.9. The molecule has 0 bridgehead atoms. The Balaban J connectivity index is 2.42. The molecule has 1 aliphatic heterocycles. The first kappa shape index (κ1) is 7.25. The lowest BCUT2D eigenvalue weighted by Gasteiger charge is -2.13. The first-order chi connectivity index (χ1) is 5.36. The van der Waals surface area contributed by atoms with Crippen LogP contribution in [0.5, 0.6) is 0 Å². The highest BCUT2D eigenvalue weighted by molar-refractivity contribution is 9.11. The molecule has 0 saturated heterocycles. The molecule has 1 aromatic rings. The van der Waals surface area contributed by atoms with Gasteiger partial charge in [-0.15, -0.1) is 0 Å². The molecule has 2 rings (SSSR count). The van der Waals surface area contributed by atoms with Crippen LogP contribution in [0.3, 0.4) is 0 Å². The van der Waals surface area contributed by atoms with Gasteiger partial charge >= 0.3 is 0 Å². The molecule has 11 heavy (non-hydrogen) atoms. The van der Waals surface area contributed by atoms with E-state index in [-0.39, 0.29) is 0 Å². The van der Waals surface area contributed by atoms with Gasteiger partial charge in [0.15, 0.2) is 0 Å². The minimum absolute atomic E-state index is 1.03. The molecule has 1 aliphatic rings. The van der Waals surface area contributed by atoms with Gasteiger partial charge in [-0.25, -0.2) is 0 Å². The van der Waals surface area contributed by atoms with Gasteiger partial charge in [-0.3, -0.25) is 0 Å². The fourth-order valence-corrected chi connectivity index (χ4v) is 2.13. The average Bonchev–Trinajstić information content (AvgIpc) is 2.04. The Kier molecular flexibility index (Phi) is 1.92. The van der Waals surface area contributed by atoms with Crippen LogP contribution >= 0.6 is 27.7 Å². The maximum atomic E-state index is 3.39. The zero-order chi connectivity index (χ0) is 7.68. The molecule has 3 heteroatoms. The number of benzene rings is 1. The van der Waals surface area contributed by atoms with Gasteiger partial charge in [0.2, 0.25) is 0 Å². The van der Waals surface area contributed by atoms with Crippen molar-refractivity contribution in [2.45, 2.75) is 4.90 Å². The smallest absolute Gasteiger partial charge is 0.0891 e. The molecule has 1 nitrogen and oxygen atoms in total. The summed E-state index contributed by atoms with van der Waals surface area (Å²) in [5.74, 6) is 0. The van der Waals surface area contributed by atoms with Gasteiger partial charge in [-0.1, -0.05) is 23.9 Å². The number of rotatable bonds is 0. The van der Waals surface area contributed by atoms with Crippen LogP contribution in [0.15, 0.2) is 39.2 Å². The summed E-state index contributed by atoms with van der Waals surface area (Å²) in [7, 11) is 0. The standard InChI is InChI=1S/C8H6BrNS/c9-8-5-11-7-4-2-1-3-6(7)10-8/h1-5,10H. The van der Waals surface area contributed by atoms with E-state index in [9.17, 15) is 0 Å². The van der Waals surface area contributed by atoms with Gasteiger partial charge in [0, 0.05) is 10.3 Å². The summed E-state index contributed by atoms with van der Waals surface area (Å²) in [5, 5.41) is 5.26. The van der Waals surface area contributed by atoms with E-state index < -0.39 is 0 Å². The molecule has 56 valence electrons. The monoisotopic (exact) mass is 227 g/mol. The van der Waals surface area contributed by atoms with Crippen LogP contribution in [0.4, 0.5) is 5.69 Å². The van der Waals surface area contributed by atoms with Crippen LogP contribution in [-0.2, 0) is 0 Å². The molecular formula is C8H6BrNS. The Morgan fingerprint density at radius 1 is 1.27 bits per heavy atom.